The predicted octanol–water partition coefficient (Wildman–Crippen LogP) is 18.8. The molecule has 0 aromatic carbocycles. The number of hydrogen-bond donors (Lipinski definition) is 2. The molecule has 0 saturated carbocycles. The van der Waals surface area contributed by atoms with E-state index in [9.17, 15) is 28.9 Å². The lowest BCUT2D eigenvalue weighted by molar-refractivity contribution is -0.161. The fourth-order valence-electron chi connectivity index (χ4n) is 9.35. The number of aliphatic hydroxyl groups is 1. The molecule has 0 amide bonds. The van der Waals surface area contributed by atoms with Gasteiger partial charge in [-0.25, -0.2) is 4.57 Å². The number of phosphoric ester groups is 1. The van der Waals surface area contributed by atoms with Crippen molar-refractivity contribution in [3.05, 3.63) is 12.2 Å². The second kappa shape index (κ2) is 57.4. The van der Waals surface area contributed by atoms with E-state index in [-0.39, 0.29) is 25.9 Å². The van der Waals surface area contributed by atoms with Gasteiger partial charge in [0, 0.05) is 19.3 Å². The van der Waals surface area contributed by atoms with Crippen molar-refractivity contribution in [2.24, 2.45) is 0 Å². The number of phosphoric acid groups is 1. The van der Waals surface area contributed by atoms with Gasteiger partial charge in [0.1, 0.15) is 12.7 Å². The van der Waals surface area contributed by atoms with Crippen LogP contribution in [-0.4, -0.2) is 66.5 Å². The molecule has 0 fully saturated rings. The zero-order valence-electron chi connectivity index (χ0n) is 48.6. The number of carbonyl (C=O) groups excluding carboxylic acids is 3. The Bertz CT molecular complexity index is 1290. The monoisotopic (exact) mass is 1070 g/mol. The lowest BCUT2D eigenvalue weighted by Gasteiger charge is -2.21. The number of rotatable bonds is 60. The van der Waals surface area contributed by atoms with Gasteiger partial charge in [-0.1, -0.05) is 277 Å². The zero-order chi connectivity index (χ0) is 54.1. The molecule has 0 aliphatic rings. The van der Waals surface area contributed by atoms with Gasteiger partial charge in [0.25, 0.3) is 0 Å². The van der Waals surface area contributed by atoms with Crippen molar-refractivity contribution < 1.29 is 52.2 Å². The van der Waals surface area contributed by atoms with Crippen LogP contribution in [-0.2, 0) is 42.2 Å². The van der Waals surface area contributed by atoms with E-state index >= 15 is 0 Å². The van der Waals surface area contributed by atoms with Crippen LogP contribution < -0.4 is 0 Å². The van der Waals surface area contributed by atoms with Gasteiger partial charge in [-0.05, 0) is 44.9 Å². The Kier molecular flexibility index (Phi) is 56.0. The molecule has 0 spiro atoms. The number of ether oxygens (including phenoxy) is 3. The molecule has 0 bridgehead atoms. The highest BCUT2D eigenvalue weighted by molar-refractivity contribution is 7.47. The molecule has 0 aromatic heterocycles. The molecule has 438 valence electrons. The molecule has 0 heterocycles. The minimum absolute atomic E-state index is 0.173. The van der Waals surface area contributed by atoms with Gasteiger partial charge in [-0.2, -0.15) is 0 Å². The summed E-state index contributed by atoms with van der Waals surface area (Å²) in [5, 5.41) is 9.83. The second-order valence-corrected chi connectivity index (χ2v) is 23.0. The van der Waals surface area contributed by atoms with Gasteiger partial charge in [-0.3, -0.25) is 23.4 Å². The first-order valence-corrected chi connectivity index (χ1v) is 33.1. The quantitative estimate of drug-likeness (QED) is 0.0197. The molecule has 2 N–H and O–H groups in total. The molecule has 74 heavy (non-hydrogen) atoms. The number of aliphatic hydroxyl groups excluding tert-OH is 1. The largest absolute Gasteiger partial charge is 0.472 e. The van der Waals surface area contributed by atoms with Gasteiger partial charge in [0.2, 0.25) is 0 Å². The Morgan fingerprint density at radius 3 is 0.932 bits per heavy atom. The molecule has 0 rings (SSSR count). The molecular formula is C62H119O11P. The highest BCUT2D eigenvalue weighted by Crippen LogP contribution is 2.43. The topological polar surface area (TPSA) is 155 Å². The molecule has 0 aromatic rings. The van der Waals surface area contributed by atoms with Crippen LogP contribution in [0.25, 0.3) is 0 Å². The van der Waals surface area contributed by atoms with E-state index in [0.29, 0.717) is 19.3 Å². The summed E-state index contributed by atoms with van der Waals surface area (Å²) >= 11 is 0. The van der Waals surface area contributed by atoms with Crippen molar-refractivity contribution in [2.75, 3.05) is 26.4 Å². The molecule has 0 aliphatic heterocycles. The molecule has 3 atom stereocenters. The average Bonchev–Trinajstić information content (AvgIpc) is 3.39. The van der Waals surface area contributed by atoms with E-state index < -0.39 is 57.8 Å². The minimum atomic E-state index is -4.74. The summed E-state index contributed by atoms with van der Waals surface area (Å²) in [6.45, 7) is 4.72. The Morgan fingerprint density at radius 2 is 0.622 bits per heavy atom. The fraction of sp³-hybridized carbons (Fsp3) is 0.919. The van der Waals surface area contributed by atoms with Gasteiger partial charge < -0.3 is 24.2 Å². The standard InChI is InChI=1S/C62H119O11P/c1-4-7-10-13-16-19-22-25-28-29-32-35-38-41-44-47-50-53-62(66)73-59(55-69-60(64)51-48-45-42-39-36-33-30-26-23-20-17-14-11-8-5-2)57-71-74(67,68)70-56-58(54-63)72-61(65)52-49-46-43-40-37-34-31-27-24-21-18-15-12-9-6-3/h27,31,58-59,63H,4-26,28-30,32-57H2,1-3H3,(H,67,68)/b31-27-. The highest BCUT2D eigenvalue weighted by atomic mass is 31.2. The molecular weight excluding hydrogens is 952 g/mol. The van der Waals surface area contributed by atoms with Crippen LogP contribution in [0.15, 0.2) is 12.2 Å². The first-order valence-electron chi connectivity index (χ1n) is 31.6. The maximum absolute atomic E-state index is 12.9. The smallest absolute Gasteiger partial charge is 0.462 e. The van der Waals surface area contributed by atoms with Crippen LogP contribution in [0.3, 0.4) is 0 Å². The van der Waals surface area contributed by atoms with Crippen LogP contribution in [0, 0.1) is 0 Å². The summed E-state index contributed by atoms with van der Waals surface area (Å²) in [6.07, 6.45) is 57.3. The van der Waals surface area contributed by atoms with Crippen molar-refractivity contribution in [1.29, 1.82) is 0 Å². The summed E-state index contributed by atoms with van der Waals surface area (Å²) in [7, 11) is -4.74. The third-order valence-corrected chi connectivity index (χ3v) is 15.1. The first kappa shape index (κ1) is 72.2. The third-order valence-electron chi connectivity index (χ3n) is 14.2. The highest BCUT2D eigenvalue weighted by Gasteiger charge is 2.28. The molecule has 11 nitrogen and oxygen atoms in total. The van der Waals surface area contributed by atoms with Crippen molar-refractivity contribution >= 4 is 25.7 Å². The van der Waals surface area contributed by atoms with Crippen LogP contribution in [0.5, 0.6) is 0 Å². The lowest BCUT2D eigenvalue weighted by Crippen LogP contribution is -2.30. The first-order chi connectivity index (χ1) is 36.2. The van der Waals surface area contributed by atoms with Crippen molar-refractivity contribution in [3.8, 4) is 0 Å². The predicted molar refractivity (Wildman–Crippen MR) is 307 cm³/mol. The maximum Gasteiger partial charge on any atom is 0.472 e. The van der Waals surface area contributed by atoms with E-state index in [1.807, 2.05) is 0 Å². The fourth-order valence-corrected chi connectivity index (χ4v) is 10.1. The summed E-state index contributed by atoms with van der Waals surface area (Å²) in [5.41, 5.74) is 0. The van der Waals surface area contributed by atoms with Crippen molar-refractivity contribution in [2.45, 2.75) is 341 Å². The van der Waals surface area contributed by atoms with Crippen LogP contribution in [0.4, 0.5) is 0 Å². The summed E-state index contributed by atoms with van der Waals surface area (Å²) < 4.78 is 39.7. The number of unbranched alkanes of at least 4 members (excludes halogenated alkanes) is 41. The number of carbonyl (C=O) groups is 3. The number of allylic oxidation sites excluding steroid dienone is 2. The van der Waals surface area contributed by atoms with Gasteiger partial charge in [0.05, 0.1) is 19.8 Å². The van der Waals surface area contributed by atoms with Crippen LogP contribution >= 0.6 is 7.82 Å². The van der Waals surface area contributed by atoms with Gasteiger partial charge in [0.15, 0.2) is 6.10 Å². The van der Waals surface area contributed by atoms with E-state index in [0.717, 1.165) is 77.0 Å². The van der Waals surface area contributed by atoms with Crippen molar-refractivity contribution in [3.63, 3.8) is 0 Å². The van der Waals surface area contributed by atoms with Crippen LogP contribution in [0.2, 0.25) is 0 Å². The molecule has 3 unspecified atom stereocenters. The summed E-state index contributed by atoms with van der Waals surface area (Å²) in [6, 6.07) is 0. The maximum atomic E-state index is 12.9. The molecule has 12 heteroatoms. The average molecular weight is 1070 g/mol. The van der Waals surface area contributed by atoms with Crippen molar-refractivity contribution in [1.82, 2.24) is 0 Å². The van der Waals surface area contributed by atoms with Crippen LogP contribution in [0.1, 0.15) is 329 Å². The third kappa shape index (κ3) is 55.0. The van der Waals surface area contributed by atoms with E-state index in [1.54, 1.807) is 0 Å². The second-order valence-electron chi connectivity index (χ2n) is 21.6. The Morgan fingerprint density at radius 1 is 0.365 bits per heavy atom. The molecule has 0 aliphatic carbocycles. The Labute approximate surface area is 456 Å². The minimum Gasteiger partial charge on any atom is -0.462 e. The van der Waals surface area contributed by atoms with E-state index in [4.69, 9.17) is 23.3 Å². The summed E-state index contributed by atoms with van der Waals surface area (Å²) in [5.74, 6) is -1.44. The lowest BCUT2D eigenvalue weighted by atomic mass is 10.0. The summed E-state index contributed by atoms with van der Waals surface area (Å²) in [4.78, 5) is 48.7. The Hall–Kier alpha value is -1.78. The van der Waals surface area contributed by atoms with Gasteiger partial charge in [-0.15, -0.1) is 0 Å². The van der Waals surface area contributed by atoms with Gasteiger partial charge >= 0.3 is 25.7 Å². The molecule has 0 saturated heterocycles. The zero-order valence-corrected chi connectivity index (χ0v) is 49.5. The normalized spacial score (nSPS) is 13.3. The molecule has 0 radical (unpaired) electrons. The number of hydrogen-bond acceptors (Lipinski definition) is 10. The SMILES string of the molecule is CCCCCCCC/C=C\CCCCCCCC(=O)OC(CO)COP(=O)(O)OCC(COC(=O)CCCCCCCCCCCCCCCCC)OC(=O)CCCCCCCCCCCCCCCCCCC. The van der Waals surface area contributed by atoms with E-state index in [2.05, 4.69) is 32.9 Å². The number of esters is 3. The van der Waals surface area contributed by atoms with E-state index in [1.165, 1.54) is 193 Å². The Balaban J connectivity index is 4.65.